The standard InChI is InChI=1S/C10H6ClN5O5/c11-7-3-2-6(15(18)19)9(13-7)14-10(17)5-1-4-8(12-5)16(20)21/h1-4,12H,(H,13,14,17). The van der Waals surface area contributed by atoms with Gasteiger partial charge in [-0.15, -0.1) is 0 Å². The fourth-order valence-corrected chi connectivity index (χ4v) is 1.61. The van der Waals surface area contributed by atoms with Gasteiger partial charge in [-0.3, -0.25) is 20.2 Å². The van der Waals surface area contributed by atoms with Gasteiger partial charge in [-0.25, -0.2) is 9.97 Å². The molecular weight excluding hydrogens is 306 g/mol. The van der Waals surface area contributed by atoms with E-state index < -0.39 is 21.4 Å². The lowest BCUT2D eigenvalue weighted by molar-refractivity contribution is -0.389. The van der Waals surface area contributed by atoms with E-state index in [-0.39, 0.29) is 22.5 Å². The van der Waals surface area contributed by atoms with Gasteiger partial charge in [0.1, 0.15) is 5.15 Å². The molecule has 2 aromatic heterocycles. The van der Waals surface area contributed by atoms with Crippen molar-refractivity contribution in [1.82, 2.24) is 9.97 Å². The maximum atomic E-state index is 11.9. The zero-order chi connectivity index (χ0) is 15.6. The molecule has 0 unspecified atom stereocenters. The van der Waals surface area contributed by atoms with Gasteiger partial charge in [0.15, 0.2) is 5.69 Å². The normalized spacial score (nSPS) is 10.1. The average molecular weight is 312 g/mol. The first-order valence-electron chi connectivity index (χ1n) is 5.34. The second-order valence-electron chi connectivity index (χ2n) is 3.73. The monoisotopic (exact) mass is 311 g/mol. The first-order valence-corrected chi connectivity index (χ1v) is 5.72. The molecule has 0 aromatic carbocycles. The van der Waals surface area contributed by atoms with E-state index in [0.29, 0.717) is 0 Å². The highest BCUT2D eigenvalue weighted by Gasteiger charge is 2.21. The van der Waals surface area contributed by atoms with E-state index >= 15 is 0 Å². The van der Waals surface area contributed by atoms with Crippen LogP contribution in [0.3, 0.4) is 0 Å². The van der Waals surface area contributed by atoms with Crippen molar-refractivity contribution in [3.8, 4) is 0 Å². The zero-order valence-electron chi connectivity index (χ0n) is 10.1. The number of aromatic amines is 1. The second-order valence-corrected chi connectivity index (χ2v) is 4.11. The van der Waals surface area contributed by atoms with Crippen LogP contribution in [0.4, 0.5) is 17.3 Å². The van der Waals surface area contributed by atoms with Crippen LogP contribution in [0.5, 0.6) is 0 Å². The van der Waals surface area contributed by atoms with Gasteiger partial charge in [-0.1, -0.05) is 11.6 Å². The van der Waals surface area contributed by atoms with Crippen LogP contribution in [0.1, 0.15) is 10.5 Å². The Labute approximate surface area is 121 Å². The van der Waals surface area contributed by atoms with Crippen LogP contribution >= 0.6 is 11.6 Å². The van der Waals surface area contributed by atoms with Crippen LogP contribution in [-0.2, 0) is 0 Å². The number of halogens is 1. The van der Waals surface area contributed by atoms with Crippen molar-refractivity contribution in [2.24, 2.45) is 0 Å². The number of H-pyrrole nitrogens is 1. The van der Waals surface area contributed by atoms with Crippen LogP contribution in [0.15, 0.2) is 24.3 Å². The number of pyridine rings is 1. The summed E-state index contributed by atoms with van der Waals surface area (Å²) in [6.45, 7) is 0. The van der Waals surface area contributed by atoms with Crippen molar-refractivity contribution in [3.63, 3.8) is 0 Å². The Hall–Kier alpha value is -3.01. The third-order valence-corrected chi connectivity index (χ3v) is 2.59. The van der Waals surface area contributed by atoms with Crippen LogP contribution < -0.4 is 5.32 Å². The fourth-order valence-electron chi connectivity index (χ4n) is 1.46. The number of nitrogens with zero attached hydrogens (tertiary/aromatic N) is 3. The number of nitro groups is 2. The summed E-state index contributed by atoms with van der Waals surface area (Å²) in [4.78, 5) is 37.6. The Bertz CT molecular complexity index is 743. The summed E-state index contributed by atoms with van der Waals surface area (Å²) in [6, 6.07) is 4.55. The molecule has 0 aliphatic rings. The van der Waals surface area contributed by atoms with Crippen LogP contribution in [0.25, 0.3) is 0 Å². The fraction of sp³-hybridized carbons (Fsp3) is 0. The largest absolute Gasteiger partial charge is 0.358 e. The number of aromatic nitrogens is 2. The first-order chi connectivity index (χ1) is 9.88. The topological polar surface area (TPSA) is 144 Å². The number of amides is 1. The van der Waals surface area contributed by atoms with E-state index in [1.807, 2.05) is 0 Å². The highest BCUT2D eigenvalue weighted by Crippen LogP contribution is 2.24. The minimum atomic E-state index is -0.819. The van der Waals surface area contributed by atoms with E-state index in [0.717, 1.165) is 12.1 Å². The summed E-state index contributed by atoms with van der Waals surface area (Å²) in [6.07, 6.45) is 0. The van der Waals surface area contributed by atoms with Gasteiger partial charge in [0, 0.05) is 12.1 Å². The molecule has 2 N–H and O–H groups in total. The maximum Gasteiger partial charge on any atom is 0.321 e. The number of carbonyl (C=O) groups excluding carboxylic acids is 1. The van der Waals surface area contributed by atoms with E-state index in [1.165, 1.54) is 12.1 Å². The van der Waals surface area contributed by atoms with Gasteiger partial charge < -0.3 is 10.1 Å². The molecule has 0 radical (unpaired) electrons. The molecule has 10 nitrogen and oxygen atoms in total. The Kier molecular flexibility index (Phi) is 3.80. The molecule has 1 amide bonds. The predicted molar refractivity (Wildman–Crippen MR) is 71.3 cm³/mol. The number of nitrogens with one attached hydrogen (secondary N) is 2. The van der Waals surface area contributed by atoms with Crippen molar-refractivity contribution in [3.05, 3.63) is 55.3 Å². The van der Waals surface area contributed by atoms with Crippen LogP contribution in [0, 0.1) is 20.2 Å². The lowest BCUT2D eigenvalue weighted by Gasteiger charge is -2.03. The molecule has 0 saturated heterocycles. The predicted octanol–water partition coefficient (Wildman–Crippen LogP) is 2.13. The molecule has 0 fully saturated rings. The average Bonchev–Trinajstić information content (AvgIpc) is 2.88. The highest BCUT2D eigenvalue weighted by atomic mass is 35.5. The smallest absolute Gasteiger partial charge is 0.321 e. The molecule has 0 bridgehead atoms. The van der Waals surface area contributed by atoms with Crippen molar-refractivity contribution in [1.29, 1.82) is 0 Å². The Morgan fingerprint density at radius 3 is 2.48 bits per heavy atom. The van der Waals surface area contributed by atoms with Crippen LogP contribution in [-0.4, -0.2) is 25.7 Å². The molecule has 21 heavy (non-hydrogen) atoms. The highest BCUT2D eigenvalue weighted by molar-refractivity contribution is 6.29. The molecule has 0 spiro atoms. The number of hydrogen-bond donors (Lipinski definition) is 2. The van der Waals surface area contributed by atoms with Gasteiger partial charge in [0.05, 0.1) is 4.92 Å². The third kappa shape index (κ3) is 3.12. The number of carbonyl (C=O) groups is 1. The molecule has 0 aliphatic carbocycles. The maximum absolute atomic E-state index is 11.9. The van der Waals surface area contributed by atoms with Gasteiger partial charge in [0.25, 0.3) is 5.91 Å². The molecular formula is C10H6ClN5O5. The SMILES string of the molecule is O=C(Nc1nc(Cl)ccc1[N+](=O)[O-])c1ccc([N+](=O)[O-])[nH]1. The van der Waals surface area contributed by atoms with E-state index in [4.69, 9.17) is 11.6 Å². The van der Waals surface area contributed by atoms with Gasteiger partial charge >= 0.3 is 11.5 Å². The van der Waals surface area contributed by atoms with Crippen molar-refractivity contribution < 1.29 is 14.6 Å². The summed E-state index contributed by atoms with van der Waals surface area (Å²) in [5.41, 5.74) is -0.591. The summed E-state index contributed by atoms with van der Waals surface area (Å²) in [7, 11) is 0. The minimum absolute atomic E-state index is 0.0478. The van der Waals surface area contributed by atoms with Crippen molar-refractivity contribution in [2.45, 2.75) is 0 Å². The molecule has 2 aromatic rings. The Balaban J connectivity index is 2.28. The van der Waals surface area contributed by atoms with Crippen molar-refractivity contribution in [2.75, 3.05) is 5.32 Å². The molecule has 11 heteroatoms. The molecule has 2 heterocycles. The Morgan fingerprint density at radius 2 is 1.90 bits per heavy atom. The summed E-state index contributed by atoms with van der Waals surface area (Å²) < 4.78 is 0. The lowest BCUT2D eigenvalue weighted by Crippen LogP contribution is -2.14. The van der Waals surface area contributed by atoms with E-state index in [1.54, 1.807) is 0 Å². The van der Waals surface area contributed by atoms with Gasteiger partial charge in [-0.2, -0.15) is 0 Å². The van der Waals surface area contributed by atoms with Crippen molar-refractivity contribution >= 4 is 34.8 Å². The number of hydrogen-bond acceptors (Lipinski definition) is 6. The zero-order valence-corrected chi connectivity index (χ0v) is 10.8. The van der Waals surface area contributed by atoms with E-state index in [2.05, 4.69) is 15.3 Å². The number of anilines is 1. The molecule has 0 aliphatic heterocycles. The van der Waals surface area contributed by atoms with Gasteiger partial charge in [0.2, 0.25) is 5.82 Å². The summed E-state index contributed by atoms with van der Waals surface area (Å²) in [5, 5.41) is 23.4. The summed E-state index contributed by atoms with van der Waals surface area (Å²) >= 11 is 5.61. The molecule has 108 valence electrons. The first kappa shape index (κ1) is 14.4. The molecule has 0 saturated carbocycles. The Morgan fingerprint density at radius 1 is 1.19 bits per heavy atom. The molecule has 2 rings (SSSR count). The number of rotatable bonds is 4. The third-order valence-electron chi connectivity index (χ3n) is 2.38. The van der Waals surface area contributed by atoms with E-state index in [9.17, 15) is 25.0 Å². The van der Waals surface area contributed by atoms with Crippen LogP contribution in [0.2, 0.25) is 5.15 Å². The quantitative estimate of drug-likeness (QED) is 0.502. The lowest BCUT2D eigenvalue weighted by atomic mass is 10.3. The second kappa shape index (κ2) is 5.54. The summed E-state index contributed by atoms with van der Waals surface area (Å²) in [5.74, 6) is -1.55. The van der Waals surface area contributed by atoms with Gasteiger partial charge in [-0.05, 0) is 17.1 Å². The molecule has 0 atom stereocenters. The minimum Gasteiger partial charge on any atom is -0.358 e.